The van der Waals surface area contributed by atoms with Crippen LogP contribution in [0.4, 0.5) is 0 Å². The van der Waals surface area contributed by atoms with Crippen molar-refractivity contribution in [2.24, 2.45) is 4.99 Å². The lowest BCUT2D eigenvalue weighted by Crippen LogP contribution is -2.39. The lowest BCUT2D eigenvalue weighted by molar-refractivity contribution is 0.178. The fraction of sp³-hybridized carbons (Fsp3) is 0.533. The Hall–Kier alpha value is -1.40. The average Bonchev–Trinajstić information content (AvgIpc) is 2.77. The maximum atomic E-state index is 12.0. The number of aliphatic imine (C=N–C) groups is 1. The second-order valence-electron chi connectivity index (χ2n) is 5.74. The number of hydrogen-bond donors (Lipinski definition) is 1. The molecule has 2 heterocycles. The van der Waals surface area contributed by atoms with Gasteiger partial charge in [-0.1, -0.05) is 18.6 Å². The van der Waals surface area contributed by atoms with Gasteiger partial charge < -0.3 is 0 Å². The SMILES string of the molecule is CC(CN=C1NS(=O)(=O)c2ccccc21)N1CCCCC1. The van der Waals surface area contributed by atoms with Crippen molar-refractivity contribution in [3.05, 3.63) is 29.8 Å². The van der Waals surface area contributed by atoms with Gasteiger partial charge in [0.1, 0.15) is 5.84 Å². The molecule has 6 heteroatoms. The van der Waals surface area contributed by atoms with Gasteiger partial charge in [-0.3, -0.25) is 14.6 Å². The van der Waals surface area contributed by atoms with Crippen LogP contribution in [-0.4, -0.2) is 44.8 Å². The largest absolute Gasteiger partial charge is 0.299 e. The molecule has 0 spiro atoms. The predicted octanol–water partition coefficient (Wildman–Crippen LogP) is 1.60. The number of sulfonamides is 1. The molecule has 1 atom stereocenters. The maximum absolute atomic E-state index is 12.0. The number of nitrogens with one attached hydrogen (secondary N) is 1. The number of benzene rings is 1. The minimum absolute atomic E-state index is 0.328. The summed E-state index contributed by atoms with van der Waals surface area (Å²) in [6.45, 7) is 5.01. The molecule has 2 aliphatic rings. The third-order valence-electron chi connectivity index (χ3n) is 4.19. The third-order valence-corrected chi connectivity index (χ3v) is 5.59. The van der Waals surface area contributed by atoms with E-state index < -0.39 is 10.0 Å². The molecule has 1 unspecified atom stereocenters. The second kappa shape index (κ2) is 5.77. The van der Waals surface area contributed by atoms with Crippen LogP contribution in [0.1, 0.15) is 31.7 Å². The van der Waals surface area contributed by atoms with Crippen molar-refractivity contribution in [1.29, 1.82) is 0 Å². The maximum Gasteiger partial charge on any atom is 0.263 e. The van der Waals surface area contributed by atoms with E-state index in [0.29, 0.717) is 28.9 Å². The van der Waals surface area contributed by atoms with Crippen LogP contribution in [0.2, 0.25) is 0 Å². The molecule has 0 aliphatic carbocycles. The van der Waals surface area contributed by atoms with E-state index in [4.69, 9.17) is 0 Å². The minimum atomic E-state index is -3.42. The van der Waals surface area contributed by atoms with Crippen molar-refractivity contribution in [1.82, 2.24) is 9.62 Å². The van der Waals surface area contributed by atoms with E-state index in [1.165, 1.54) is 19.3 Å². The Kier molecular flexibility index (Phi) is 3.99. The summed E-state index contributed by atoms with van der Waals surface area (Å²) < 4.78 is 26.6. The number of piperidine rings is 1. The van der Waals surface area contributed by atoms with E-state index in [9.17, 15) is 8.42 Å². The van der Waals surface area contributed by atoms with Crippen LogP contribution in [0.3, 0.4) is 0 Å². The Morgan fingerprint density at radius 3 is 2.71 bits per heavy atom. The Labute approximate surface area is 126 Å². The molecule has 1 saturated heterocycles. The van der Waals surface area contributed by atoms with Gasteiger partial charge >= 0.3 is 0 Å². The molecule has 0 aromatic heterocycles. The van der Waals surface area contributed by atoms with Crippen LogP contribution in [0.25, 0.3) is 0 Å². The Balaban J connectivity index is 1.76. The quantitative estimate of drug-likeness (QED) is 0.922. The summed E-state index contributed by atoms with van der Waals surface area (Å²) in [7, 11) is -3.42. The van der Waals surface area contributed by atoms with Gasteiger partial charge in [0.25, 0.3) is 10.0 Å². The number of likely N-dealkylation sites (tertiary alicyclic amines) is 1. The summed E-state index contributed by atoms with van der Waals surface area (Å²) in [4.78, 5) is 7.28. The molecule has 1 aromatic rings. The van der Waals surface area contributed by atoms with Crippen LogP contribution in [0, 0.1) is 0 Å². The molecule has 0 radical (unpaired) electrons. The predicted molar refractivity (Wildman–Crippen MR) is 83.1 cm³/mol. The molecule has 3 rings (SSSR count). The van der Waals surface area contributed by atoms with Gasteiger partial charge in [-0.2, -0.15) is 0 Å². The highest BCUT2D eigenvalue weighted by atomic mass is 32.2. The van der Waals surface area contributed by atoms with Crippen LogP contribution in [0.5, 0.6) is 0 Å². The van der Waals surface area contributed by atoms with Gasteiger partial charge in [0.05, 0.1) is 11.4 Å². The van der Waals surface area contributed by atoms with E-state index in [2.05, 4.69) is 21.5 Å². The highest BCUT2D eigenvalue weighted by Gasteiger charge is 2.30. The first-order valence-electron chi connectivity index (χ1n) is 7.49. The molecule has 0 bridgehead atoms. The van der Waals surface area contributed by atoms with Crippen LogP contribution >= 0.6 is 0 Å². The van der Waals surface area contributed by atoms with Crippen molar-refractivity contribution in [3.8, 4) is 0 Å². The van der Waals surface area contributed by atoms with E-state index in [1.807, 2.05) is 6.07 Å². The summed E-state index contributed by atoms with van der Waals surface area (Å²) in [5.41, 5.74) is 0.684. The summed E-state index contributed by atoms with van der Waals surface area (Å²) in [6, 6.07) is 7.34. The molecule has 2 aliphatic heterocycles. The van der Waals surface area contributed by atoms with Crippen molar-refractivity contribution < 1.29 is 8.42 Å². The summed E-state index contributed by atoms with van der Waals surface area (Å²) in [5, 5.41) is 0. The van der Waals surface area contributed by atoms with Gasteiger partial charge in [0.15, 0.2) is 0 Å². The van der Waals surface area contributed by atoms with Crippen molar-refractivity contribution in [3.63, 3.8) is 0 Å². The smallest absolute Gasteiger partial charge is 0.263 e. The molecule has 0 amide bonds. The van der Waals surface area contributed by atoms with Crippen molar-refractivity contribution in [2.45, 2.75) is 37.1 Å². The minimum Gasteiger partial charge on any atom is -0.299 e. The average molecular weight is 307 g/mol. The Bertz CT molecular complexity index is 649. The van der Waals surface area contributed by atoms with Crippen LogP contribution in [-0.2, 0) is 10.0 Å². The highest BCUT2D eigenvalue weighted by Crippen LogP contribution is 2.22. The standard InChI is InChI=1S/C15H21N3O2S/c1-12(18-9-5-2-6-10-18)11-16-15-13-7-3-4-8-14(13)21(19,20)17-15/h3-4,7-8,12H,2,5-6,9-11H2,1H3,(H,16,17). The lowest BCUT2D eigenvalue weighted by Gasteiger charge is -2.31. The Morgan fingerprint density at radius 1 is 1.24 bits per heavy atom. The van der Waals surface area contributed by atoms with Gasteiger partial charge in [-0.25, -0.2) is 8.42 Å². The van der Waals surface area contributed by atoms with Gasteiger partial charge in [-0.15, -0.1) is 0 Å². The summed E-state index contributed by atoms with van der Waals surface area (Å²) >= 11 is 0. The first-order valence-corrected chi connectivity index (χ1v) is 8.97. The number of rotatable bonds is 3. The molecule has 1 fully saturated rings. The normalized spacial score (nSPS) is 24.5. The van der Waals surface area contributed by atoms with E-state index in [-0.39, 0.29) is 0 Å². The molecule has 0 saturated carbocycles. The van der Waals surface area contributed by atoms with Crippen LogP contribution in [0.15, 0.2) is 34.2 Å². The molecule has 1 N–H and O–H groups in total. The number of fused-ring (bicyclic) bond motifs is 1. The van der Waals surface area contributed by atoms with Crippen LogP contribution < -0.4 is 4.72 Å². The summed E-state index contributed by atoms with van der Waals surface area (Å²) in [5.74, 6) is 0.481. The fourth-order valence-corrected chi connectivity index (χ4v) is 4.20. The topological polar surface area (TPSA) is 61.8 Å². The first-order chi connectivity index (χ1) is 10.1. The van der Waals surface area contributed by atoms with Crippen molar-refractivity contribution in [2.75, 3.05) is 19.6 Å². The zero-order valence-electron chi connectivity index (χ0n) is 12.2. The molecule has 21 heavy (non-hydrogen) atoms. The van der Waals surface area contributed by atoms with E-state index in [0.717, 1.165) is 13.1 Å². The zero-order valence-corrected chi connectivity index (χ0v) is 13.1. The van der Waals surface area contributed by atoms with Gasteiger partial charge in [0.2, 0.25) is 0 Å². The molecule has 5 nitrogen and oxygen atoms in total. The second-order valence-corrected chi connectivity index (χ2v) is 7.39. The van der Waals surface area contributed by atoms with Gasteiger partial charge in [0, 0.05) is 11.6 Å². The molecular weight excluding hydrogens is 286 g/mol. The molecular formula is C15H21N3O2S. The third kappa shape index (κ3) is 2.96. The number of hydrogen-bond acceptors (Lipinski definition) is 4. The number of amidine groups is 1. The fourth-order valence-electron chi connectivity index (χ4n) is 2.95. The van der Waals surface area contributed by atoms with E-state index in [1.54, 1.807) is 18.2 Å². The molecule has 1 aromatic carbocycles. The first kappa shape index (κ1) is 14.5. The monoisotopic (exact) mass is 307 g/mol. The highest BCUT2D eigenvalue weighted by molar-refractivity contribution is 7.90. The Morgan fingerprint density at radius 2 is 1.95 bits per heavy atom. The van der Waals surface area contributed by atoms with Crippen molar-refractivity contribution >= 4 is 15.9 Å². The van der Waals surface area contributed by atoms with E-state index >= 15 is 0 Å². The molecule has 114 valence electrons. The zero-order chi connectivity index (χ0) is 14.9. The summed E-state index contributed by atoms with van der Waals surface area (Å²) in [6.07, 6.45) is 3.80. The number of nitrogens with zero attached hydrogens (tertiary/aromatic N) is 2. The lowest BCUT2D eigenvalue weighted by atomic mass is 10.1. The van der Waals surface area contributed by atoms with Gasteiger partial charge in [-0.05, 0) is 45.0 Å².